The van der Waals surface area contributed by atoms with Crippen molar-refractivity contribution in [2.24, 2.45) is 0 Å². The number of amides is 4. The zero-order chi connectivity index (χ0) is 15.9. The molecule has 0 spiro atoms. The molecule has 3 fully saturated rings. The van der Waals surface area contributed by atoms with Gasteiger partial charge >= 0.3 is 6.03 Å². The summed E-state index contributed by atoms with van der Waals surface area (Å²) in [7, 11) is 0. The lowest BCUT2D eigenvalue weighted by atomic mass is 10.1. The van der Waals surface area contributed by atoms with Gasteiger partial charge < -0.3 is 9.80 Å². The molecule has 3 rings (SSSR count). The summed E-state index contributed by atoms with van der Waals surface area (Å²) >= 11 is 0. The fraction of sp³-hybridized carbons (Fsp3) is 0.812. The number of nitrogens with zero attached hydrogens (tertiary/aromatic N) is 3. The molecular weight excluding hydrogens is 282 g/mol. The zero-order valence-electron chi connectivity index (χ0n) is 13.5. The van der Waals surface area contributed by atoms with Crippen molar-refractivity contribution in [3.8, 4) is 0 Å². The second-order valence-electron chi connectivity index (χ2n) is 6.95. The van der Waals surface area contributed by atoms with Gasteiger partial charge in [0.15, 0.2) is 0 Å². The van der Waals surface area contributed by atoms with Crippen LogP contribution in [-0.2, 0) is 9.59 Å². The highest BCUT2D eigenvalue weighted by Crippen LogP contribution is 2.30. The van der Waals surface area contributed by atoms with Gasteiger partial charge in [0.1, 0.15) is 13.1 Å². The SMILES string of the molecule is CC(C)N(C(=O)CN1C(=O)CN(C2CC2)C1=O)C1CCCC1. The van der Waals surface area contributed by atoms with Crippen LogP contribution in [0.5, 0.6) is 0 Å². The molecule has 6 nitrogen and oxygen atoms in total. The van der Waals surface area contributed by atoms with Crippen molar-refractivity contribution in [1.82, 2.24) is 14.7 Å². The van der Waals surface area contributed by atoms with Gasteiger partial charge in [0.25, 0.3) is 5.91 Å². The fourth-order valence-electron chi connectivity index (χ4n) is 3.70. The number of carbonyl (C=O) groups is 3. The molecule has 1 aliphatic heterocycles. The third-order valence-electron chi connectivity index (χ3n) is 4.93. The number of rotatable bonds is 5. The maximum Gasteiger partial charge on any atom is 0.327 e. The summed E-state index contributed by atoms with van der Waals surface area (Å²) in [6.45, 7) is 4.04. The van der Waals surface area contributed by atoms with Crippen LogP contribution in [0, 0.1) is 0 Å². The van der Waals surface area contributed by atoms with Crippen LogP contribution >= 0.6 is 0 Å². The Morgan fingerprint density at radius 2 is 1.82 bits per heavy atom. The summed E-state index contributed by atoms with van der Waals surface area (Å²) in [6.07, 6.45) is 6.30. The number of urea groups is 1. The van der Waals surface area contributed by atoms with Crippen molar-refractivity contribution in [3.63, 3.8) is 0 Å². The topological polar surface area (TPSA) is 60.9 Å². The smallest absolute Gasteiger partial charge is 0.327 e. The van der Waals surface area contributed by atoms with E-state index in [0.717, 1.165) is 43.4 Å². The van der Waals surface area contributed by atoms with Gasteiger partial charge in [-0.3, -0.25) is 14.5 Å². The van der Waals surface area contributed by atoms with E-state index in [1.807, 2.05) is 18.7 Å². The monoisotopic (exact) mass is 307 g/mol. The van der Waals surface area contributed by atoms with E-state index in [9.17, 15) is 14.4 Å². The number of hydrogen-bond donors (Lipinski definition) is 0. The highest BCUT2D eigenvalue weighted by molar-refractivity contribution is 6.04. The summed E-state index contributed by atoms with van der Waals surface area (Å²) in [6, 6.07) is 0.298. The van der Waals surface area contributed by atoms with E-state index in [-0.39, 0.29) is 49.1 Å². The molecule has 2 saturated carbocycles. The highest BCUT2D eigenvalue weighted by Gasteiger charge is 2.45. The van der Waals surface area contributed by atoms with Crippen LogP contribution < -0.4 is 0 Å². The normalized spacial score (nSPS) is 23.0. The summed E-state index contributed by atoms with van der Waals surface area (Å²) in [5, 5.41) is 0. The lowest BCUT2D eigenvalue weighted by Gasteiger charge is -2.33. The maximum absolute atomic E-state index is 12.7. The van der Waals surface area contributed by atoms with Gasteiger partial charge in [-0.2, -0.15) is 0 Å². The lowest BCUT2D eigenvalue weighted by molar-refractivity contribution is -0.139. The van der Waals surface area contributed by atoms with Gasteiger partial charge in [0.2, 0.25) is 5.91 Å². The van der Waals surface area contributed by atoms with Gasteiger partial charge in [0.05, 0.1) is 0 Å². The molecule has 0 aromatic heterocycles. The molecule has 122 valence electrons. The quantitative estimate of drug-likeness (QED) is 0.725. The Bertz CT molecular complexity index is 481. The summed E-state index contributed by atoms with van der Waals surface area (Å²) in [5.41, 5.74) is 0. The van der Waals surface area contributed by atoms with E-state index in [0.29, 0.717) is 0 Å². The molecule has 0 atom stereocenters. The van der Waals surface area contributed by atoms with E-state index < -0.39 is 0 Å². The van der Waals surface area contributed by atoms with Gasteiger partial charge in [-0.1, -0.05) is 12.8 Å². The van der Waals surface area contributed by atoms with E-state index in [2.05, 4.69) is 0 Å². The average molecular weight is 307 g/mol. The Morgan fingerprint density at radius 3 is 2.36 bits per heavy atom. The molecule has 6 heteroatoms. The first-order valence-electron chi connectivity index (χ1n) is 8.41. The van der Waals surface area contributed by atoms with E-state index in [4.69, 9.17) is 0 Å². The molecule has 22 heavy (non-hydrogen) atoms. The Morgan fingerprint density at radius 1 is 1.18 bits per heavy atom. The van der Waals surface area contributed by atoms with Crippen LogP contribution in [0.15, 0.2) is 0 Å². The standard InChI is InChI=1S/C16H25N3O3/c1-11(2)19(13-5-3-4-6-13)15(21)10-18-14(20)9-17(16(18)22)12-7-8-12/h11-13H,3-10H2,1-2H3. The van der Waals surface area contributed by atoms with Crippen molar-refractivity contribution in [2.75, 3.05) is 13.1 Å². The third kappa shape index (κ3) is 2.83. The molecule has 2 aliphatic carbocycles. The van der Waals surface area contributed by atoms with Crippen molar-refractivity contribution >= 4 is 17.8 Å². The Balaban J connectivity index is 1.66. The predicted octanol–water partition coefficient (Wildman–Crippen LogP) is 1.59. The number of hydrogen-bond acceptors (Lipinski definition) is 3. The van der Waals surface area contributed by atoms with Crippen molar-refractivity contribution < 1.29 is 14.4 Å². The summed E-state index contributed by atoms with van der Waals surface area (Å²) in [5.74, 6) is -0.332. The van der Waals surface area contributed by atoms with Gasteiger partial charge in [-0.15, -0.1) is 0 Å². The molecule has 0 unspecified atom stereocenters. The molecule has 0 N–H and O–H groups in total. The molecule has 3 aliphatic rings. The first-order valence-corrected chi connectivity index (χ1v) is 8.41. The first kappa shape index (κ1) is 15.3. The highest BCUT2D eigenvalue weighted by atomic mass is 16.2. The van der Waals surface area contributed by atoms with Crippen LogP contribution in [-0.4, -0.2) is 63.8 Å². The van der Waals surface area contributed by atoms with Gasteiger partial charge in [-0.05, 0) is 39.5 Å². The summed E-state index contributed by atoms with van der Waals surface area (Å²) in [4.78, 5) is 41.7. The molecular formula is C16H25N3O3. The lowest BCUT2D eigenvalue weighted by Crippen LogP contribution is -2.49. The minimum Gasteiger partial charge on any atom is -0.336 e. The predicted molar refractivity (Wildman–Crippen MR) is 81.1 cm³/mol. The first-order chi connectivity index (χ1) is 10.5. The van der Waals surface area contributed by atoms with Crippen LogP contribution in [0.25, 0.3) is 0 Å². The van der Waals surface area contributed by atoms with Gasteiger partial charge in [0, 0.05) is 18.1 Å². The van der Waals surface area contributed by atoms with Crippen LogP contribution in [0.4, 0.5) is 4.79 Å². The molecule has 0 bridgehead atoms. The maximum atomic E-state index is 12.7. The number of carbonyl (C=O) groups excluding carboxylic acids is 3. The van der Waals surface area contributed by atoms with Crippen LogP contribution in [0.1, 0.15) is 52.4 Å². The van der Waals surface area contributed by atoms with E-state index >= 15 is 0 Å². The fourth-order valence-corrected chi connectivity index (χ4v) is 3.70. The minimum absolute atomic E-state index is 0.0961. The Kier molecular flexibility index (Phi) is 4.10. The molecule has 4 amide bonds. The zero-order valence-corrected chi connectivity index (χ0v) is 13.5. The summed E-state index contributed by atoms with van der Waals surface area (Å²) < 4.78 is 0. The molecule has 1 saturated heterocycles. The van der Waals surface area contributed by atoms with Crippen LogP contribution in [0.2, 0.25) is 0 Å². The molecule has 0 aromatic rings. The molecule has 0 aromatic carbocycles. The third-order valence-corrected chi connectivity index (χ3v) is 4.93. The van der Waals surface area contributed by atoms with Crippen molar-refractivity contribution in [3.05, 3.63) is 0 Å². The second-order valence-corrected chi connectivity index (χ2v) is 6.95. The average Bonchev–Trinajstić information content (AvgIpc) is 3.10. The van der Waals surface area contributed by atoms with Crippen LogP contribution in [0.3, 0.4) is 0 Å². The second kappa shape index (κ2) is 5.89. The Hall–Kier alpha value is -1.59. The van der Waals surface area contributed by atoms with E-state index in [1.165, 1.54) is 0 Å². The van der Waals surface area contributed by atoms with Gasteiger partial charge in [-0.25, -0.2) is 4.79 Å². The van der Waals surface area contributed by atoms with Crippen molar-refractivity contribution in [1.29, 1.82) is 0 Å². The largest absolute Gasteiger partial charge is 0.336 e. The van der Waals surface area contributed by atoms with E-state index in [1.54, 1.807) is 4.90 Å². The minimum atomic E-state index is -0.282. The number of imide groups is 1. The molecule has 1 heterocycles. The Labute approximate surface area is 131 Å². The molecule has 0 radical (unpaired) electrons. The van der Waals surface area contributed by atoms with Crippen molar-refractivity contribution in [2.45, 2.75) is 70.5 Å².